The number of hydrogen-bond acceptors (Lipinski definition) is 1. The summed E-state index contributed by atoms with van der Waals surface area (Å²) in [5.74, 6) is 0. The van der Waals surface area contributed by atoms with E-state index in [2.05, 4.69) is 12.6 Å². The third kappa shape index (κ3) is 2.07. The van der Waals surface area contributed by atoms with Gasteiger partial charge >= 0.3 is 0 Å². The lowest BCUT2D eigenvalue weighted by Crippen LogP contribution is -1.81. The number of allylic oxidation sites excluding steroid dienone is 3. The predicted molar refractivity (Wildman–Crippen MR) is 55.0 cm³/mol. The molecule has 0 atom stereocenters. The van der Waals surface area contributed by atoms with Crippen molar-refractivity contribution in [2.45, 2.75) is 6.92 Å². The van der Waals surface area contributed by atoms with Crippen LogP contribution in [-0.2, 0) is 0 Å². The number of hydrogen-bond donors (Lipinski definition) is 0. The first-order chi connectivity index (χ1) is 6.31. The monoisotopic (exact) mass is 169 g/mol. The smallest absolute Gasteiger partial charge is 0.0991 e. The molecule has 0 N–H and O–H groups in total. The van der Waals surface area contributed by atoms with E-state index in [-0.39, 0.29) is 0 Å². The van der Waals surface area contributed by atoms with Crippen molar-refractivity contribution in [2.75, 3.05) is 0 Å². The molecule has 64 valence electrons. The zero-order valence-electron chi connectivity index (χ0n) is 7.62. The van der Waals surface area contributed by atoms with E-state index in [0.717, 1.165) is 11.1 Å². The Morgan fingerprint density at radius 3 is 2.85 bits per heavy atom. The summed E-state index contributed by atoms with van der Waals surface area (Å²) in [6, 6.07) is 9.60. The molecule has 0 aliphatic rings. The molecule has 0 aliphatic carbocycles. The van der Waals surface area contributed by atoms with Crippen molar-refractivity contribution in [3.8, 4) is 6.07 Å². The second kappa shape index (κ2) is 4.27. The summed E-state index contributed by atoms with van der Waals surface area (Å²) in [5.41, 5.74) is 2.77. The number of nitrogens with zero attached hydrogens (tertiary/aromatic N) is 1. The van der Waals surface area contributed by atoms with Crippen molar-refractivity contribution in [2.24, 2.45) is 0 Å². The summed E-state index contributed by atoms with van der Waals surface area (Å²) >= 11 is 0. The van der Waals surface area contributed by atoms with Gasteiger partial charge in [-0.25, -0.2) is 0 Å². The fourth-order valence-electron chi connectivity index (χ4n) is 1.17. The zero-order chi connectivity index (χ0) is 9.68. The minimum Gasteiger partial charge on any atom is -0.192 e. The van der Waals surface area contributed by atoms with Crippen molar-refractivity contribution >= 4 is 5.57 Å². The first kappa shape index (κ1) is 9.28. The van der Waals surface area contributed by atoms with Crippen LogP contribution in [0.15, 0.2) is 43.0 Å². The minimum absolute atomic E-state index is 0.679. The Labute approximate surface area is 78.6 Å². The van der Waals surface area contributed by atoms with E-state index in [9.17, 15) is 0 Å². The van der Waals surface area contributed by atoms with E-state index in [1.807, 2.05) is 31.2 Å². The summed E-state index contributed by atoms with van der Waals surface area (Å²) < 4.78 is 0. The summed E-state index contributed by atoms with van der Waals surface area (Å²) in [7, 11) is 0. The highest BCUT2D eigenvalue weighted by molar-refractivity contribution is 5.73. The maximum Gasteiger partial charge on any atom is 0.0991 e. The van der Waals surface area contributed by atoms with Crippen molar-refractivity contribution in [1.82, 2.24) is 0 Å². The molecular weight excluding hydrogens is 158 g/mol. The second-order valence-corrected chi connectivity index (χ2v) is 2.64. The molecule has 0 saturated heterocycles. The SMILES string of the molecule is C=C/C(=C/C)c1cccc(C#N)c1. The van der Waals surface area contributed by atoms with Gasteiger partial charge in [0.25, 0.3) is 0 Å². The van der Waals surface area contributed by atoms with Crippen molar-refractivity contribution in [3.05, 3.63) is 54.1 Å². The molecule has 0 aromatic heterocycles. The van der Waals surface area contributed by atoms with Gasteiger partial charge < -0.3 is 0 Å². The molecule has 0 bridgehead atoms. The highest BCUT2D eigenvalue weighted by Crippen LogP contribution is 2.16. The van der Waals surface area contributed by atoms with Crippen LogP contribution >= 0.6 is 0 Å². The largest absolute Gasteiger partial charge is 0.192 e. The van der Waals surface area contributed by atoms with Crippen LogP contribution in [0.5, 0.6) is 0 Å². The third-order valence-electron chi connectivity index (χ3n) is 1.86. The Hall–Kier alpha value is -1.81. The summed E-state index contributed by atoms with van der Waals surface area (Å²) in [5, 5.41) is 8.69. The van der Waals surface area contributed by atoms with E-state index in [0.29, 0.717) is 5.56 Å². The van der Waals surface area contributed by atoms with Gasteiger partial charge in [0.2, 0.25) is 0 Å². The molecule has 0 heterocycles. The third-order valence-corrected chi connectivity index (χ3v) is 1.86. The molecule has 1 aromatic rings. The highest BCUT2D eigenvalue weighted by Gasteiger charge is 1.96. The van der Waals surface area contributed by atoms with Crippen LogP contribution in [-0.4, -0.2) is 0 Å². The van der Waals surface area contributed by atoms with Crippen LogP contribution in [0.25, 0.3) is 5.57 Å². The van der Waals surface area contributed by atoms with Crippen molar-refractivity contribution < 1.29 is 0 Å². The van der Waals surface area contributed by atoms with Gasteiger partial charge in [0.05, 0.1) is 11.6 Å². The molecule has 1 aromatic carbocycles. The maximum atomic E-state index is 8.69. The van der Waals surface area contributed by atoms with E-state index < -0.39 is 0 Å². The minimum atomic E-state index is 0.679. The van der Waals surface area contributed by atoms with Gasteiger partial charge in [-0.15, -0.1) is 0 Å². The lowest BCUT2D eigenvalue weighted by atomic mass is 10.0. The molecule has 0 fully saturated rings. The molecule has 0 amide bonds. The fourth-order valence-corrected chi connectivity index (χ4v) is 1.17. The first-order valence-corrected chi connectivity index (χ1v) is 4.11. The normalized spacial score (nSPS) is 10.6. The van der Waals surface area contributed by atoms with Crippen LogP contribution in [0.2, 0.25) is 0 Å². The molecule has 0 saturated carbocycles. The lowest BCUT2D eigenvalue weighted by Gasteiger charge is -2.00. The topological polar surface area (TPSA) is 23.8 Å². The van der Waals surface area contributed by atoms with Gasteiger partial charge in [-0.1, -0.05) is 30.9 Å². The Balaban J connectivity index is 3.17. The summed E-state index contributed by atoms with van der Waals surface area (Å²) in [4.78, 5) is 0. The second-order valence-electron chi connectivity index (χ2n) is 2.64. The predicted octanol–water partition coefficient (Wildman–Crippen LogP) is 3.15. The van der Waals surface area contributed by atoms with Gasteiger partial charge in [0.15, 0.2) is 0 Å². The molecule has 0 spiro atoms. The van der Waals surface area contributed by atoms with Crippen LogP contribution < -0.4 is 0 Å². The molecule has 1 nitrogen and oxygen atoms in total. The average molecular weight is 169 g/mol. The van der Waals surface area contributed by atoms with Crippen LogP contribution in [0.1, 0.15) is 18.1 Å². The molecular formula is C12H11N. The Bertz CT molecular complexity index is 380. The van der Waals surface area contributed by atoms with Gasteiger partial charge in [-0.2, -0.15) is 5.26 Å². The Morgan fingerprint density at radius 1 is 1.54 bits per heavy atom. The van der Waals surface area contributed by atoms with Crippen LogP contribution in [0.3, 0.4) is 0 Å². The molecule has 0 aliphatic heterocycles. The fraction of sp³-hybridized carbons (Fsp3) is 0.0833. The molecule has 0 radical (unpaired) electrons. The Morgan fingerprint density at radius 2 is 2.31 bits per heavy atom. The summed E-state index contributed by atoms with van der Waals surface area (Å²) in [6.07, 6.45) is 3.76. The van der Waals surface area contributed by atoms with Crippen molar-refractivity contribution in [1.29, 1.82) is 5.26 Å². The van der Waals surface area contributed by atoms with E-state index >= 15 is 0 Å². The lowest BCUT2D eigenvalue weighted by molar-refractivity contribution is 1.47. The molecule has 1 rings (SSSR count). The van der Waals surface area contributed by atoms with Crippen LogP contribution in [0, 0.1) is 11.3 Å². The maximum absolute atomic E-state index is 8.69. The molecule has 1 heteroatoms. The van der Waals surface area contributed by atoms with E-state index in [1.165, 1.54) is 0 Å². The highest BCUT2D eigenvalue weighted by atomic mass is 14.2. The Kier molecular flexibility index (Phi) is 3.05. The van der Waals surface area contributed by atoms with E-state index in [1.54, 1.807) is 12.1 Å². The quantitative estimate of drug-likeness (QED) is 0.624. The van der Waals surface area contributed by atoms with Gasteiger partial charge in [0, 0.05) is 0 Å². The molecule has 0 unspecified atom stereocenters. The standard InChI is InChI=1S/C12H11N/c1-3-11(4-2)12-7-5-6-10(8-12)9-13/h3-8H,1H2,2H3/b11-4-. The van der Waals surface area contributed by atoms with Gasteiger partial charge in [0.1, 0.15) is 0 Å². The first-order valence-electron chi connectivity index (χ1n) is 4.11. The van der Waals surface area contributed by atoms with Crippen molar-refractivity contribution in [3.63, 3.8) is 0 Å². The van der Waals surface area contributed by atoms with Gasteiger partial charge in [-0.05, 0) is 30.2 Å². The number of nitriles is 1. The van der Waals surface area contributed by atoms with Crippen LogP contribution in [0.4, 0.5) is 0 Å². The summed E-state index contributed by atoms with van der Waals surface area (Å²) in [6.45, 7) is 5.67. The molecule has 13 heavy (non-hydrogen) atoms. The van der Waals surface area contributed by atoms with Gasteiger partial charge in [-0.3, -0.25) is 0 Å². The zero-order valence-corrected chi connectivity index (χ0v) is 7.62. The average Bonchev–Trinajstić information content (AvgIpc) is 2.20. The number of rotatable bonds is 2. The number of benzene rings is 1. The van der Waals surface area contributed by atoms with E-state index in [4.69, 9.17) is 5.26 Å².